The van der Waals surface area contributed by atoms with Gasteiger partial charge in [0.15, 0.2) is 18.0 Å². The summed E-state index contributed by atoms with van der Waals surface area (Å²) in [5.74, 6) is 1.67. The summed E-state index contributed by atoms with van der Waals surface area (Å²) in [6.45, 7) is 9.41. The topological polar surface area (TPSA) is 52.0 Å². The van der Waals surface area contributed by atoms with Crippen LogP contribution in [0.25, 0.3) is 0 Å². The van der Waals surface area contributed by atoms with Crippen molar-refractivity contribution in [2.24, 2.45) is 0 Å². The number of rotatable bonds is 7. The van der Waals surface area contributed by atoms with Gasteiger partial charge in [-0.25, -0.2) is 0 Å². The second-order valence-corrected chi connectivity index (χ2v) is 6.90. The molecule has 5 nitrogen and oxygen atoms in total. The van der Waals surface area contributed by atoms with E-state index in [9.17, 15) is 4.79 Å². The predicted molar refractivity (Wildman–Crippen MR) is 107 cm³/mol. The molecule has 5 heteroatoms. The Morgan fingerprint density at radius 2 is 1.74 bits per heavy atom. The number of aryl methyl sites for hydroxylation is 1. The van der Waals surface area contributed by atoms with Crippen molar-refractivity contribution in [2.75, 3.05) is 31.6 Å². The molecule has 0 saturated heterocycles. The van der Waals surface area contributed by atoms with Gasteiger partial charge in [-0.2, -0.15) is 0 Å². The largest absolute Gasteiger partial charge is 0.490 e. The van der Waals surface area contributed by atoms with Crippen molar-refractivity contribution < 1.29 is 19.2 Å². The molecule has 2 N–H and O–H groups in total. The van der Waals surface area contributed by atoms with Gasteiger partial charge in [-0.15, -0.1) is 0 Å². The minimum Gasteiger partial charge on any atom is -0.490 e. The van der Waals surface area contributed by atoms with Crippen LogP contribution in [0.3, 0.4) is 0 Å². The molecule has 1 unspecified atom stereocenters. The average Bonchev–Trinajstić information content (AvgIpc) is 2.64. The van der Waals surface area contributed by atoms with E-state index in [-0.39, 0.29) is 5.91 Å². The van der Waals surface area contributed by atoms with Gasteiger partial charge >= 0.3 is 0 Å². The Hall–Kier alpha value is -2.53. The van der Waals surface area contributed by atoms with Gasteiger partial charge in [0, 0.05) is 17.7 Å². The maximum Gasteiger partial charge on any atom is 0.279 e. The van der Waals surface area contributed by atoms with Gasteiger partial charge < -0.3 is 19.7 Å². The number of hydrogen-bond donors (Lipinski definition) is 2. The molecule has 0 spiro atoms. The Bertz CT molecular complexity index is 804. The van der Waals surface area contributed by atoms with E-state index in [1.54, 1.807) is 0 Å². The Kier molecular flexibility index (Phi) is 6.35. The van der Waals surface area contributed by atoms with Crippen molar-refractivity contribution in [1.82, 2.24) is 0 Å². The van der Waals surface area contributed by atoms with Gasteiger partial charge in [0.05, 0.1) is 19.8 Å². The summed E-state index contributed by atoms with van der Waals surface area (Å²) in [5, 5.41) is 3.03. The minimum absolute atomic E-state index is 0.0544. The highest BCUT2D eigenvalue weighted by Crippen LogP contribution is 2.32. The van der Waals surface area contributed by atoms with Crippen molar-refractivity contribution in [1.29, 1.82) is 0 Å². The van der Waals surface area contributed by atoms with E-state index in [4.69, 9.17) is 9.47 Å². The van der Waals surface area contributed by atoms with E-state index in [1.807, 2.05) is 45.0 Å². The standard InChI is InChI=1S/C22H28N2O3/c1-4-26-20-12-17-10-11-24(14-18(17)13-21(20)27-5-2)15-22(25)23-19-9-7-6-8-16(19)3/h6-9,12-13H,4-5,10-11,14-15H2,1-3H3,(H,23,25)/p+1. The number of fused-ring (bicyclic) bond motifs is 1. The second-order valence-electron chi connectivity index (χ2n) is 6.90. The van der Waals surface area contributed by atoms with Crippen LogP contribution in [0.5, 0.6) is 11.5 Å². The quantitative estimate of drug-likeness (QED) is 0.788. The first-order valence-electron chi connectivity index (χ1n) is 9.71. The molecule has 1 heterocycles. The Labute approximate surface area is 161 Å². The fourth-order valence-corrected chi connectivity index (χ4v) is 3.53. The number of anilines is 1. The number of hydrogen-bond acceptors (Lipinski definition) is 3. The number of amides is 1. The van der Waals surface area contributed by atoms with Crippen LogP contribution in [0.4, 0.5) is 5.69 Å². The number of nitrogens with one attached hydrogen (secondary N) is 2. The first kappa shape index (κ1) is 19.2. The summed E-state index contributed by atoms with van der Waals surface area (Å²) < 4.78 is 11.5. The Balaban J connectivity index is 1.67. The van der Waals surface area contributed by atoms with Crippen molar-refractivity contribution in [3.05, 3.63) is 53.1 Å². The van der Waals surface area contributed by atoms with Gasteiger partial charge in [0.1, 0.15) is 6.54 Å². The third-order valence-electron chi connectivity index (χ3n) is 4.88. The number of quaternary nitrogens is 1. The van der Waals surface area contributed by atoms with Crippen LogP contribution in [-0.2, 0) is 17.8 Å². The number of para-hydroxylation sites is 1. The molecule has 144 valence electrons. The number of carbonyl (C=O) groups is 1. The predicted octanol–water partition coefficient (Wildman–Crippen LogP) is 2.37. The molecule has 1 aliphatic heterocycles. The van der Waals surface area contributed by atoms with Gasteiger partial charge in [-0.3, -0.25) is 4.79 Å². The smallest absolute Gasteiger partial charge is 0.279 e. The highest BCUT2D eigenvalue weighted by atomic mass is 16.5. The van der Waals surface area contributed by atoms with E-state index in [1.165, 1.54) is 16.0 Å². The lowest BCUT2D eigenvalue weighted by atomic mass is 9.98. The molecule has 1 amide bonds. The second kappa shape index (κ2) is 8.91. The monoisotopic (exact) mass is 369 g/mol. The van der Waals surface area contributed by atoms with E-state index >= 15 is 0 Å². The van der Waals surface area contributed by atoms with E-state index < -0.39 is 0 Å². The summed E-state index contributed by atoms with van der Waals surface area (Å²) in [4.78, 5) is 13.7. The molecule has 2 aromatic rings. The molecular weight excluding hydrogens is 340 g/mol. The first-order valence-corrected chi connectivity index (χ1v) is 9.71. The Morgan fingerprint density at radius 1 is 1.07 bits per heavy atom. The van der Waals surface area contributed by atoms with E-state index in [0.717, 1.165) is 42.3 Å². The molecule has 0 saturated carbocycles. The van der Waals surface area contributed by atoms with Crippen LogP contribution < -0.4 is 19.7 Å². The van der Waals surface area contributed by atoms with E-state index in [2.05, 4.69) is 17.4 Å². The highest BCUT2D eigenvalue weighted by molar-refractivity contribution is 5.92. The zero-order valence-corrected chi connectivity index (χ0v) is 16.4. The molecule has 2 aromatic carbocycles. The Morgan fingerprint density at radius 3 is 2.41 bits per heavy atom. The molecule has 1 atom stereocenters. The normalized spacial score (nSPS) is 15.7. The van der Waals surface area contributed by atoms with Gasteiger partial charge in [0.2, 0.25) is 0 Å². The minimum atomic E-state index is 0.0544. The van der Waals surface area contributed by atoms with Gasteiger partial charge in [-0.05, 0) is 50.1 Å². The molecule has 3 rings (SSSR count). The highest BCUT2D eigenvalue weighted by Gasteiger charge is 2.24. The van der Waals surface area contributed by atoms with E-state index in [0.29, 0.717) is 19.8 Å². The van der Waals surface area contributed by atoms with Gasteiger partial charge in [0.25, 0.3) is 5.91 Å². The third-order valence-corrected chi connectivity index (χ3v) is 4.88. The summed E-state index contributed by atoms with van der Waals surface area (Å²) in [6, 6.07) is 12.1. The molecule has 0 aliphatic carbocycles. The van der Waals surface area contributed by atoms with Crippen LogP contribution in [0.1, 0.15) is 30.5 Å². The third kappa shape index (κ3) is 4.80. The lowest BCUT2D eigenvalue weighted by Crippen LogP contribution is -3.12. The molecule has 1 aliphatic rings. The molecule has 0 fully saturated rings. The molecular formula is C22H29N2O3+. The maximum atomic E-state index is 12.5. The van der Waals surface area contributed by atoms with Crippen molar-refractivity contribution in [2.45, 2.75) is 33.7 Å². The summed E-state index contributed by atoms with van der Waals surface area (Å²) in [6.07, 6.45) is 0.939. The van der Waals surface area contributed by atoms with Crippen molar-refractivity contribution in [3.63, 3.8) is 0 Å². The van der Waals surface area contributed by atoms with Crippen molar-refractivity contribution >= 4 is 11.6 Å². The summed E-state index contributed by atoms with van der Waals surface area (Å²) in [5.41, 5.74) is 4.51. The molecule has 0 bridgehead atoms. The van der Waals surface area contributed by atoms with Crippen LogP contribution in [0, 0.1) is 6.92 Å². The lowest BCUT2D eigenvalue weighted by Gasteiger charge is -2.26. The zero-order chi connectivity index (χ0) is 19.2. The van der Waals surface area contributed by atoms with Crippen LogP contribution >= 0.6 is 0 Å². The lowest BCUT2D eigenvalue weighted by molar-refractivity contribution is -0.907. The SMILES string of the molecule is CCOc1cc2c(cc1OCC)C[NH+](CC(=O)Nc1ccccc1C)CC2. The summed E-state index contributed by atoms with van der Waals surface area (Å²) >= 11 is 0. The van der Waals surface area contributed by atoms with Gasteiger partial charge in [-0.1, -0.05) is 18.2 Å². The molecule has 0 aromatic heterocycles. The summed E-state index contributed by atoms with van der Waals surface area (Å²) in [7, 11) is 0. The van der Waals surface area contributed by atoms with Crippen LogP contribution in [0.15, 0.2) is 36.4 Å². The van der Waals surface area contributed by atoms with Crippen molar-refractivity contribution in [3.8, 4) is 11.5 Å². The fraction of sp³-hybridized carbons (Fsp3) is 0.409. The average molecular weight is 369 g/mol. The number of carbonyl (C=O) groups excluding carboxylic acids is 1. The molecule has 0 radical (unpaired) electrons. The van der Waals surface area contributed by atoms with Crippen LogP contribution in [-0.4, -0.2) is 32.2 Å². The number of ether oxygens (including phenoxy) is 2. The first-order chi connectivity index (χ1) is 13.1. The fourth-order valence-electron chi connectivity index (χ4n) is 3.53. The van der Waals surface area contributed by atoms with Crippen LogP contribution in [0.2, 0.25) is 0 Å². The zero-order valence-electron chi connectivity index (χ0n) is 16.4. The molecule has 27 heavy (non-hydrogen) atoms. The maximum absolute atomic E-state index is 12.5. The number of benzene rings is 2.